The van der Waals surface area contributed by atoms with Crippen molar-refractivity contribution < 1.29 is 5.11 Å². The van der Waals surface area contributed by atoms with Crippen LogP contribution in [0.25, 0.3) is 0 Å². The lowest BCUT2D eigenvalue weighted by atomic mass is 9.95. The Balaban J connectivity index is 1.60. The maximum atomic E-state index is 9.75. The van der Waals surface area contributed by atoms with Crippen LogP contribution in [0.3, 0.4) is 0 Å². The van der Waals surface area contributed by atoms with Gasteiger partial charge in [0.15, 0.2) is 0 Å². The summed E-state index contributed by atoms with van der Waals surface area (Å²) < 4.78 is 0. The van der Waals surface area contributed by atoms with E-state index in [-0.39, 0.29) is 6.61 Å². The molecular formula is C19H27N3O. The minimum absolute atomic E-state index is 0.273. The molecule has 0 saturated carbocycles. The van der Waals surface area contributed by atoms with Crippen molar-refractivity contribution in [2.75, 3.05) is 39.3 Å². The van der Waals surface area contributed by atoms with Crippen LogP contribution in [0.5, 0.6) is 0 Å². The highest BCUT2D eigenvalue weighted by Gasteiger charge is 2.33. The van der Waals surface area contributed by atoms with Gasteiger partial charge in [-0.2, -0.15) is 5.26 Å². The van der Waals surface area contributed by atoms with Gasteiger partial charge in [-0.05, 0) is 49.4 Å². The smallest absolute Gasteiger partial charge is 0.0995 e. The first-order valence-corrected chi connectivity index (χ1v) is 8.83. The summed E-state index contributed by atoms with van der Waals surface area (Å²) >= 11 is 0. The van der Waals surface area contributed by atoms with Crippen molar-refractivity contribution in [1.29, 1.82) is 5.26 Å². The van der Waals surface area contributed by atoms with Crippen molar-refractivity contribution in [3.63, 3.8) is 0 Å². The maximum absolute atomic E-state index is 9.75. The molecule has 0 bridgehead atoms. The summed E-state index contributed by atoms with van der Waals surface area (Å²) in [6.45, 7) is 6.60. The first-order chi connectivity index (χ1) is 11.3. The zero-order chi connectivity index (χ0) is 16.1. The highest BCUT2D eigenvalue weighted by molar-refractivity contribution is 5.37. The number of aliphatic hydroxyl groups excluding tert-OH is 1. The highest BCUT2D eigenvalue weighted by atomic mass is 16.3. The first kappa shape index (κ1) is 16.4. The molecule has 2 aliphatic rings. The Kier molecular flexibility index (Phi) is 5.66. The molecule has 0 aliphatic carbocycles. The van der Waals surface area contributed by atoms with E-state index in [0.29, 0.717) is 11.8 Å². The van der Waals surface area contributed by atoms with Crippen molar-refractivity contribution in [2.24, 2.45) is 11.8 Å². The SMILES string of the molecule is N#Cc1ccccc1CN1C[C@@H](CN2CCCCC2)[C@@H](CO)C1. The first-order valence-electron chi connectivity index (χ1n) is 8.83. The van der Waals surface area contributed by atoms with E-state index >= 15 is 0 Å². The van der Waals surface area contributed by atoms with E-state index in [2.05, 4.69) is 15.9 Å². The third-order valence-electron chi connectivity index (χ3n) is 5.36. The second kappa shape index (κ2) is 7.92. The van der Waals surface area contributed by atoms with Crippen LogP contribution in [0.1, 0.15) is 30.4 Å². The largest absolute Gasteiger partial charge is 0.396 e. The van der Waals surface area contributed by atoms with Crippen LogP contribution in [0.2, 0.25) is 0 Å². The number of rotatable bonds is 5. The van der Waals surface area contributed by atoms with E-state index < -0.39 is 0 Å². The molecule has 2 saturated heterocycles. The molecule has 1 aromatic rings. The summed E-state index contributed by atoms with van der Waals surface area (Å²) in [5.74, 6) is 0.915. The third kappa shape index (κ3) is 4.11. The Hall–Kier alpha value is -1.41. The second-order valence-corrected chi connectivity index (χ2v) is 7.03. The number of benzene rings is 1. The van der Waals surface area contributed by atoms with Gasteiger partial charge >= 0.3 is 0 Å². The summed E-state index contributed by atoms with van der Waals surface area (Å²) in [4.78, 5) is 4.98. The monoisotopic (exact) mass is 313 g/mol. The average Bonchev–Trinajstić information content (AvgIpc) is 2.97. The molecule has 2 aliphatic heterocycles. The van der Waals surface area contributed by atoms with Crippen LogP contribution < -0.4 is 0 Å². The Labute approximate surface area is 139 Å². The van der Waals surface area contributed by atoms with E-state index in [4.69, 9.17) is 0 Å². The predicted octanol–water partition coefficient (Wildman–Crippen LogP) is 2.08. The fourth-order valence-corrected chi connectivity index (χ4v) is 4.06. The number of piperidine rings is 1. The second-order valence-electron chi connectivity index (χ2n) is 7.03. The van der Waals surface area contributed by atoms with Gasteiger partial charge < -0.3 is 10.0 Å². The molecule has 4 nitrogen and oxygen atoms in total. The Bertz CT molecular complexity index is 548. The molecule has 0 amide bonds. The molecule has 2 atom stereocenters. The summed E-state index contributed by atoms with van der Waals surface area (Å²) in [5.41, 5.74) is 1.87. The lowest BCUT2D eigenvalue weighted by Crippen LogP contribution is -2.37. The van der Waals surface area contributed by atoms with Gasteiger partial charge in [0.2, 0.25) is 0 Å². The number of nitrogens with zero attached hydrogens (tertiary/aromatic N) is 3. The summed E-state index contributed by atoms with van der Waals surface area (Å²) in [5, 5.41) is 19.0. The topological polar surface area (TPSA) is 50.5 Å². The van der Waals surface area contributed by atoms with Gasteiger partial charge in [-0.3, -0.25) is 4.90 Å². The molecule has 1 aromatic carbocycles. The fraction of sp³-hybridized carbons (Fsp3) is 0.632. The molecule has 23 heavy (non-hydrogen) atoms. The number of nitriles is 1. The normalized spacial score (nSPS) is 26.3. The van der Waals surface area contributed by atoms with Crippen molar-refractivity contribution in [2.45, 2.75) is 25.8 Å². The molecule has 1 N–H and O–H groups in total. The van der Waals surface area contributed by atoms with Gasteiger partial charge in [-0.25, -0.2) is 0 Å². The average molecular weight is 313 g/mol. The van der Waals surface area contributed by atoms with Crippen LogP contribution in [-0.2, 0) is 6.54 Å². The fourth-order valence-electron chi connectivity index (χ4n) is 4.06. The van der Waals surface area contributed by atoms with Crippen LogP contribution in [0.15, 0.2) is 24.3 Å². The molecule has 3 rings (SSSR count). The third-order valence-corrected chi connectivity index (χ3v) is 5.36. The quantitative estimate of drug-likeness (QED) is 0.904. The van der Waals surface area contributed by atoms with Gasteiger partial charge in [0.05, 0.1) is 11.6 Å². The van der Waals surface area contributed by atoms with Crippen LogP contribution in [-0.4, -0.2) is 54.2 Å². The molecule has 2 fully saturated rings. The Morgan fingerprint density at radius 2 is 1.78 bits per heavy atom. The van der Waals surface area contributed by atoms with Crippen molar-refractivity contribution >= 4 is 0 Å². The van der Waals surface area contributed by atoms with E-state index in [1.165, 1.54) is 32.4 Å². The minimum Gasteiger partial charge on any atom is -0.396 e. The Morgan fingerprint density at radius 3 is 2.52 bits per heavy atom. The van der Waals surface area contributed by atoms with Gasteiger partial charge in [0, 0.05) is 32.8 Å². The van der Waals surface area contributed by atoms with Gasteiger partial charge in [-0.1, -0.05) is 24.6 Å². The number of hydrogen-bond acceptors (Lipinski definition) is 4. The minimum atomic E-state index is 0.273. The molecule has 0 spiro atoms. The summed E-state index contributed by atoms with van der Waals surface area (Å²) in [6, 6.07) is 10.1. The van der Waals surface area contributed by atoms with Crippen LogP contribution in [0, 0.1) is 23.2 Å². The number of likely N-dealkylation sites (tertiary alicyclic amines) is 2. The lowest BCUT2D eigenvalue weighted by Gasteiger charge is -2.30. The lowest BCUT2D eigenvalue weighted by molar-refractivity contribution is 0.149. The van der Waals surface area contributed by atoms with E-state index in [9.17, 15) is 10.4 Å². The predicted molar refractivity (Wildman–Crippen MR) is 90.8 cm³/mol. The number of hydrogen-bond donors (Lipinski definition) is 1. The summed E-state index contributed by atoms with van der Waals surface area (Å²) in [7, 11) is 0. The molecule has 0 unspecified atom stereocenters. The highest BCUT2D eigenvalue weighted by Crippen LogP contribution is 2.27. The van der Waals surface area contributed by atoms with Gasteiger partial charge in [0.25, 0.3) is 0 Å². The maximum Gasteiger partial charge on any atom is 0.0995 e. The van der Waals surface area contributed by atoms with Crippen molar-refractivity contribution in [3.05, 3.63) is 35.4 Å². The van der Waals surface area contributed by atoms with Gasteiger partial charge in [-0.15, -0.1) is 0 Å². The Morgan fingerprint density at radius 1 is 1.04 bits per heavy atom. The van der Waals surface area contributed by atoms with Gasteiger partial charge in [0.1, 0.15) is 0 Å². The molecule has 0 aromatic heterocycles. The van der Waals surface area contributed by atoms with E-state index in [1.807, 2.05) is 24.3 Å². The zero-order valence-electron chi connectivity index (χ0n) is 13.8. The van der Waals surface area contributed by atoms with Crippen molar-refractivity contribution in [1.82, 2.24) is 9.80 Å². The molecule has 4 heteroatoms. The summed E-state index contributed by atoms with van der Waals surface area (Å²) in [6.07, 6.45) is 3.99. The molecule has 2 heterocycles. The van der Waals surface area contributed by atoms with Crippen LogP contribution >= 0.6 is 0 Å². The van der Waals surface area contributed by atoms with E-state index in [1.54, 1.807) is 0 Å². The van der Waals surface area contributed by atoms with E-state index in [0.717, 1.165) is 37.3 Å². The molecule has 0 radical (unpaired) electrons. The molecular weight excluding hydrogens is 286 g/mol. The molecule has 124 valence electrons. The standard InChI is InChI=1S/C19H27N3O/c20-10-16-6-2-3-7-17(16)11-22-13-18(19(14-22)15-23)12-21-8-4-1-5-9-21/h2-3,6-7,18-19,23H,1,4-5,8-9,11-15H2/t18-,19-/m1/s1. The number of aliphatic hydroxyl groups is 1. The zero-order valence-corrected chi connectivity index (χ0v) is 13.8. The van der Waals surface area contributed by atoms with Crippen LogP contribution in [0.4, 0.5) is 0 Å². The van der Waals surface area contributed by atoms with Crippen molar-refractivity contribution in [3.8, 4) is 6.07 Å².